The predicted octanol–water partition coefficient (Wildman–Crippen LogP) is 3.01. The molecule has 0 aliphatic carbocycles. The highest BCUT2D eigenvalue weighted by molar-refractivity contribution is 7.17. The Labute approximate surface area is 139 Å². The average Bonchev–Trinajstić information content (AvgIpc) is 2.99. The van der Waals surface area contributed by atoms with E-state index in [1.165, 1.54) is 0 Å². The first-order valence-electron chi connectivity index (χ1n) is 7.45. The molecule has 1 aromatic carbocycles. The van der Waals surface area contributed by atoms with E-state index < -0.39 is 0 Å². The van der Waals surface area contributed by atoms with Crippen molar-refractivity contribution in [2.45, 2.75) is 20.4 Å². The summed E-state index contributed by atoms with van der Waals surface area (Å²) in [5.74, 6) is -0.0944. The number of benzene rings is 1. The van der Waals surface area contributed by atoms with Gasteiger partial charge in [-0.2, -0.15) is 0 Å². The summed E-state index contributed by atoms with van der Waals surface area (Å²) in [5, 5.41) is 3.00. The van der Waals surface area contributed by atoms with Gasteiger partial charge in [0.1, 0.15) is 5.69 Å². The van der Waals surface area contributed by atoms with E-state index in [1.807, 2.05) is 61.6 Å². The van der Waals surface area contributed by atoms with E-state index in [0.717, 1.165) is 26.8 Å². The van der Waals surface area contributed by atoms with E-state index in [2.05, 4.69) is 16.4 Å². The minimum Gasteiger partial charge on any atom is -0.378 e. The van der Waals surface area contributed by atoms with Crippen LogP contribution in [0.4, 0.5) is 5.69 Å². The summed E-state index contributed by atoms with van der Waals surface area (Å²) in [6, 6.07) is 8.14. The van der Waals surface area contributed by atoms with Gasteiger partial charge in [-0.15, -0.1) is 11.3 Å². The van der Waals surface area contributed by atoms with E-state index in [1.54, 1.807) is 11.3 Å². The molecule has 0 aliphatic rings. The fourth-order valence-corrected chi connectivity index (χ4v) is 3.42. The topological polar surface area (TPSA) is 49.6 Å². The van der Waals surface area contributed by atoms with Gasteiger partial charge in [0.05, 0.1) is 5.69 Å². The van der Waals surface area contributed by atoms with Crippen molar-refractivity contribution in [3.63, 3.8) is 0 Å². The quantitative estimate of drug-likeness (QED) is 0.801. The minimum absolute atomic E-state index is 0.0944. The summed E-state index contributed by atoms with van der Waals surface area (Å²) in [6.45, 7) is 4.38. The maximum absolute atomic E-state index is 12.6. The second kappa shape index (κ2) is 6.04. The summed E-state index contributed by atoms with van der Waals surface area (Å²) in [7, 11) is 4.01. The van der Waals surface area contributed by atoms with Crippen molar-refractivity contribution in [3.8, 4) is 0 Å². The van der Waals surface area contributed by atoms with Gasteiger partial charge in [-0.25, -0.2) is 4.98 Å². The molecule has 0 bridgehead atoms. The highest BCUT2D eigenvalue weighted by Crippen LogP contribution is 2.21. The van der Waals surface area contributed by atoms with Crippen LogP contribution in [0, 0.1) is 13.8 Å². The van der Waals surface area contributed by atoms with Crippen LogP contribution in [0.5, 0.6) is 0 Å². The molecule has 6 heteroatoms. The lowest BCUT2D eigenvalue weighted by molar-refractivity contribution is 0.0944. The van der Waals surface area contributed by atoms with Crippen molar-refractivity contribution in [3.05, 3.63) is 52.3 Å². The lowest BCUT2D eigenvalue weighted by Crippen LogP contribution is -2.25. The number of carbonyl (C=O) groups excluding carboxylic acids is 1. The summed E-state index contributed by atoms with van der Waals surface area (Å²) in [5.41, 5.74) is 3.57. The zero-order chi connectivity index (χ0) is 16.6. The van der Waals surface area contributed by atoms with Crippen LogP contribution >= 0.6 is 11.3 Å². The van der Waals surface area contributed by atoms with Gasteiger partial charge >= 0.3 is 0 Å². The SMILES string of the molecule is Cc1cn2c(C(=O)NCc3cccc(N(C)C)c3)c(C)nc2s1. The molecule has 120 valence electrons. The molecule has 0 saturated carbocycles. The first-order chi connectivity index (χ1) is 11.0. The van der Waals surface area contributed by atoms with E-state index in [4.69, 9.17) is 0 Å². The number of anilines is 1. The number of thiazole rings is 1. The summed E-state index contributed by atoms with van der Waals surface area (Å²) >= 11 is 1.59. The molecule has 0 aliphatic heterocycles. The molecule has 0 radical (unpaired) electrons. The van der Waals surface area contributed by atoms with Gasteiger partial charge in [-0.1, -0.05) is 12.1 Å². The van der Waals surface area contributed by atoms with Crippen LogP contribution in [0.15, 0.2) is 30.5 Å². The Kier molecular flexibility index (Phi) is 4.09. The van der Waals surface area contributed by atoms with Crippen LogP contribution in [0.1, 0.15) is 26.6 Å². The Morgan fingerprint density at radius 1 is 1.35 bits per heavy atom. The molecule has 1 N–H and O–H groups in total. The number of nitrogens with one attached hydrogen (secondary N) is 1. The molecule has 0 atom stereocenters. The molecule has 0 fully saturated rings. The summed E-state index contributed by atoms with van der Waals surface area (Å²) < 4.78 is 1.88. The molecular weight excluding hydrogens is 308 g/mol. The smallest absolute Gasteiger partial charge is 0.270 e. The van der Waals surface area contributed by atoms with Crippen molar-refractivity contribution in [2.75, 3.05) is 19.0 Å². The van der Waals surface area contributed by atoms with Gasteiger partial charge in [0.25, 0.3) is 5.91 Å². The Morgan fingerprint density at radius 3 is 2.87 bits per heavy atom. The second-order valence-corrected chi connectivity index (χ2v) is 7.00. The van der Waals surface area contributed by atoms with E-state index in [-0.39, 0.29) is 5.91 Å². The second-order valence-electron chi connectivity index (χ2n) is 5.79. The first-order valence-corrected chi connectivity index (χ1v) is 8.27. The molecule has 1 amide bonds. The number of fused-ring (bicyclic) bond motifs is 1. The molecule has 23 heavy (non-hydrogen) atoms. The van der Waals surface area contributed by atoms with Crippen LogP contribution in [0.25, 0.3) is 4.96 Å². The van der Waals surface area contributed by atoms with E-state index in [9.17, 15) is 4.79 Å². The molecular formula is C17H20N4OS. The van der Waals surface area contributed by atoms with Gasteiger partial charge in [-0.05, 0) is 31.5 Å². The maximum atomic E-state index is 12.6. The standard InChI is InChI=1S/C17H20N4OS/c1-11-10-21-15(12(2)19-17(21)23-11)16(22)18-9-13-6-5-7-14(8-13)20(3)4/h5-8,10H,9H2,1-4H3,(H,18,22). The molecule has 3 rings (SSSR count). The molecule has 2 aromatic heterocycles. The van der Waals surface area contributed by atoms with Crippen molar-refractivity contribution in [2.24, 2.45) is 0 Å². The van der Waals surface area contributed by atoms with Crippen LogP contribution in [0.2, 0.25) is 0 Å². The third-order valence-corrected chi connectivity index (χ3v) is 4.61. The Bertz CT molecular complexity index is 863. The number of imidazole rings is 1. The van der Waals surface area contributed by atoms with Crippen molar-refractivity contribution in [1.82, 2.24) is 14.7 Å². The summed E-state index contributed by atoms with van der Waals surface area (Å²) in [4.78, 5) is 21.1. The van der Waals surface area contributed by atoms with Gasteiger partial charge in [-0.3, -0.25) is 9.20 Å². The monoisotopic (exact) mass is 328 g/mol. The maximum Gasteiger partial charge on any atom is 0.270 e. The number of rotatable bonds is 4. The first kappa shape index (κ1) is 15.6. The lowest BCUT2D eigenvalue weighted by Gasteiger charge is -2.14. The van der Waals surface area contributed by atoms with Crippen LogP contribution < -0.4 is 10.2 Å². The van der Waals surface area contributed by atoms with Gasteiger partial charge in [0.2, 0.25) is 0 Å². The molecule has 0 saturated heterocycles. The third kappa shape index (κ3) is 3.07. The van der Waals surface area contributed by atoms with E-state index in [0.29, 0.717) is 12.2 Å². The Hall–Kier alpha value is -2.34. The van der Waals surface area contributed by atoms with Crippen molar-refractivity contribution >= 4 is 27.9 Å². The molecule has 0 unspecified atom stereocenters. The predicted molar refractivity (Wildman–Crippen MR) is 94.5 cm³/mol. The highest BCUT2D eigenvalue weighted by Gasteiger charge is 2.17. The average molecular weight is 328 g/mol. The van der Waals surface area contributed by atoms with Gasteiger partial charge < -0.3 is 10.2 Å². The van der Waals surface area contributed by atoms with Crippen LogP contribution in [-0.4, -0.2) is 29.4 Å². The number of carbonyl (C=O) groups is 1. The largest absolute Gasteiger partial charge is 0.378 e. The number of aryl methyl sites for hydroxylation is 2. The number of aromatic nitrogens is 2. The van der Waals surface area contributed by atoms with E-state index >= 15 is 0 Å². The van der Waals surface area contributed by atoms with Gasteiger partial charge in [0, 0.05) is 37.4 Å². The molecule has 5 nitrogen and oxygen atoms in total. The third-order valence-electron chi connectivity index (χ3n) is 3.71. The van der Waals surface area contributed by atoms with Crippen molar-refractivity contribution < 1.29 is 4.79 Å². The van der Waals surface area contributed by atoms with Gasteiger partial charge in [0.15, 0.2) is 4.96 Å². The van der Waals surface area contributed by atoms with Crippen LogP contribution in [0.3, 0.4) is 0 Å². The number of hydrogen-bond acceptors (Lipinski definition) is 4. The highest BCUT2D eigenvalue weighted by atomic mass is 32.1. The zero-order valence-electron chi connectivity index (χ0n) is 13.8. The zero-order valence-corrected chi connectivity index (χ0v) is 14.6. The number of amides is 1. The Morgan fingerprint density at radius 2 is 2.13 bits per heavy atom. The normalized spacial score (nSPS) is 11.0. The molecule has 2 heterocycles. The fraction of sp³-hybridized carbons (Fsp3) is 0.294. The minimum atomic E-state index is -0.0944. The Balaban J connectivity index is 1.78. The summed E-state index contributed by atoms with van der Waals surface area (Å²) in [6.07, 6.45) is 1.96. The number of nitrogens with zero attached hydrogens (tertiary/aromatic N) is 3. The van der Waals surface area contributed by atoms with Crippen molar-refractivity contribution in [1.29, 1.82) is 0 Å². The molecule has 0 spiro atoms. The number of hydrogen-bond donors (Lipinski definition) is 1. The molecule has 3 aromatic rings. The lowest BCUT2D eigenvalue weighted by atomic mass is 10.2. The fourth-order valence-electron chi connectivity index (χ4n) is 2.55. The van der Waals surface area contributed by atoms with Crippen LogP contribution in [-0.2, 0) is 6.54 Å².